The summed E-state index contributed by atoms with van der Waals surface area (Å²) < 4.78 is 16.1. The highest BCUT2D eigenvalue weighted by atomic mass is 35.5. The SMILES string of the molecule is COc1cc(C(=O)NCc2ccco2)cc(Cl)c1OCC(C)C. The van der Waals surface area contributed by atoms with Gasteiger partial charge in [-0.05, 0) is 30.2 Å². The molecule has 0 atom stereocenters. The largest absolute Gasteiger partial charge is 0.493 e. The average molecular weight is 338 g/mol. The van der Waals surface area contributed by atoms with Crippen LogP contribution in [0.15, 0.2) is 34.9 Å². The fourth-order valence-corrected chi connectivity index (χ4v) is 2.19. The lowest BCUT2D eigenvalue weighted by atomic mass is 10.1. The van der Waals surface area contributed by atoms with Crippen LogP contribution < -0.4 is 14.8 Å². The molecule has 5 nitrogen and oxygen atoms in total. The highest BCUT2D eigenvalue weighted by molar-refractivity contribution is 6.32. The molecule has 0 saturated carbocycles. The van der Waals surface area contributed by atoms with Crippen LogP contribution in [0.4, 0.5) is 0 Å². The zero-order valence-electron chi connectivity index (χ0n) is 13.4. The van der Waals surface area contributed by atoms with Gasteiger partial charge >= 0.3 is 0 Å². The normalized spacial score (nSPS) is 10.7. The van der Waals surface area contributed by atoms with E-state index in [0.717, 1.165) is 0 Å². The fourth-order valence-electron chi connectivity index (χ4n) is 1.92. The molecule has 1 aromatic heterocycles. The van der Waals surface area contributed by atoms with Crippen molar-refractivity contribution in [3.8, 4) is 11.5 Å². The van der Waals surface area contributed by atoms with E-state index >= 15 is 0 Å². The minimum Gasteiger partial charge on any atom is -0.493 e. The van der Waals surface area contributed by atoms with Crippen LogP contribution in [0, 0.1) is 5.92 Å². The highest BCUT2D eigenvalue weighted by Gasteiger charge is 2.16. The third kappa shape index (κ3) is 4.66. The van der Waals surface area contributed by atoms with E-state index in [0.29, 0.717) is 46.9 Å². The number of furan rings is 1. The van der Waals surface area contributed by atoms with Crippen molar-refractivity contribution in [3.05, 3.63) is 46.9 Å². The van der Waals surface area contributed by atoms with Gasteiger partial charge in [-0.25, -0.2) is 0 Å². The van der Waals surface area contributed by atoms with Crippen molar-refractivity contribution in [1.82, 2.24) is 5.32 Å². The molecular formula is C17H20ClNO4. The number of carbonyl (C=O) groups excluding carboxylic acids is 1. The molecule has 0 bridgehead atoms. The Morgan fingerprint density at radius 3 is 2.78 bits per heavy atom. The van der Waals surface area contributed by atoms with Crippen molar-refractivity contribution in [1.29, 1.82) is 0 Å². The van der Waals surface area contributed by atoms with Gasteiger partial charge in [0.25, 0.3) is 5.91 Å². The monoisotopic (exact) mass is 337 g/mol. The number of benzene rings is 1. The standard InChI is InChI=1S/C17H20ClNO4/c1-11(2)10-23-16-14(18)7-12(8-15(16)21-3)17(20)19-9-13-5-4-6-22-13/h4-8,11H,9-10H2,1-3H3,(H,19,20). The molecule has 0 radical (unpaired) electrons. The second kappa shape index (κ2) is 7.92. The Hall–Kier alpha value is -2.14. The van der Waals surface area contributed by atoms with Crippen molar-refractivity contribution in [2.75, 3.05) is 13.7 Å². The second-order valence-corrected chi connectivity index (χ2v) is 5.86. The van der Waals surface area contributed by atoms with Crippen LogP contribution in [0.1, 0.15) is 30.0 Å². The molecule has 0 saturated heterocycles. The van der Waals surface area contributed by atoms with Gasteiger partial charge < -0.3 is 19.2 Å². The first kappa shape index (κ1) is 17.2. The molecule has 2 rings (SSSR count). The van der Waals surface area contributed by atoms with E-state index < -0.39 is 0 Å². The molecule has 6 heteroatoms. The molecule has 1 amide bonds. The molecule has 0 aliphatic heterocycles. The second-order valence-electron chi connectivity index (χ2n) is 5.46. The van der Waals surface area contributed by atoms with Gasteiger partial charge in [-0.2, -0.15) is 0 Å². The minimum absolute atomic E-state index is 0.267. The zero-order chi connectivity index (χ0) is 16.8. The predicted octanol–water partition coefficient (Wildman–Crippen LogP) is 3.91. The number of rotatable bonds is 7. The molecule has 1 aromatic carbocycles. The fraction of sp³-hybridized carbons (Fsp3) is 0.353. The molecule has 0 aliphatic rings. The first-order chi connectivity index (χ1) is 11.0. The summed E-state index contributed by atoms with van der Waals surface area (Å²) in [6, 6.07) is 6.73. The molecular weight excluding hydrogens is 318 g/mol. The maximum Gasteiger partial charge on any atom is 0.251 e. The summed E-state index contributed by atoms with van der Waals surface area (Å²) in [7, 11) is 1.51. The van der Waals surface area contributed by atoms with Crippen molar-refractivity contribution in [2.24, 2.45) is 5.92 Å². The number of carbonyl (C=O) groups is 1. The molecule has 124 valence electrons. The van der Waals surface area contributed by atoms with Gasteiger partial charge in [-0.15, -0.1) is 0 Å². The molecule has 0 unspecified atom stereocenters. The number of ether oxygens (including phenoxy) is 2. The van der Waals surface area contributed by atoms with E-state index in [1.807, 2.05) is 13.8 Å². The van der Waals surface area contributed by atoms with E-state index in [9.17, 15) is 4.79 Å². The number of halogens is 1. The smallest absolute Gasteiger partial charge is 0.251 e. The average Bonchev–Trinajstić information content (AvgIpc) is 3.03. The number of nitrogens with one attached hydrogen (secondary N) is 1. The van der Waals surface area contributed by atoms with Crippen molar-refractivity contribution in [2.45, 2.75) is 20.4 Å². The lowest BCUT2D eigenvalue weighted by molar-refractivity contribution is 0.0947. The van der Waals surface area contributed by atoms with Crippen LogP contribution in [-0.4, -0.2) is 19.6 Å². The molecule has 0 spiro atoms. The summed E-state index contributed by atoms with van der Waals surface area (Å²) in [6.07, 6.45) is 1.56. The number of hydrogen-bond acceptors (Lipinski definition) is 4. The lowest BCUT2D eigenvalue weighted by Crippen LogP contribution is -2.22. The minimum atomic E-state index is -0.267. The summed E-state index contributed by atoms with van der Waals surface area (Å²) in [4.78, 5) is 12.2. The van der Waals surface area contributed by atoms with Crippen LogP contribution in [0.2, 0.25) is 5.02 Å². The van der Waals surface area contributed by atoms with E-state index in [4.69, 9.17) is 25.5 Å². The first-order valence-electron chi connectivity index (χ1n) is 7.32. The van der Waals surface area contributed by atoms with Crippen LogP contribution in [-0.2, 0) is 6.54 Å². The topological polar surface area (TPSA) is 60.7 Å². The Bertz CT molecular complexity index is 653. The van der Waals surface area contributed by atoms with E-state index in [2.05, 4.69) is 5.32 Å². The Labute approximate surface area is 140 Å². The summed E-state index contributed by atoms with van der Waals surface area (Å²) in [5.41, 5.74) is 0.398. The number of methoxy groups -OCH3 is 1. The Kier molecular flexibility index (Phi) is 5.93. The third-order valence-corrected chi connectivity index (χ3v) is 3.34. The van der Waals surface area contributed by atoms with Crippen molar-refractivity contribution in [3.63, 3.8) is 0 Å². The Morgan fingerprint density at radius 1 is 1.39 bits per heavy atom. The quantitative estimate of drug-likeness (QED) is 0.832. The van der Waals surface area contributed by atoms with Gasteiger partial charge in [0.05, 0.1) is 31.5 Å². The summed E-state index contributed by atoms with van der Waals surface area (Å²) >= 11 is 6.24. The van der Waals surface area contributed by atoms with Crippen LogP contribution in [0.5, 0.6) is 11.5 Å². The van der Waals surface area contributed by atoms with Crippen LogP contribution in [0.25, 0.3) is 0 Å². The first-order valence-corrected chi connectivity index (χ1v) is 7.70. The Balaban J connectivity index is 2.12. The Morgan fingerprint density at radius 2 is 2.17 bits per heavy atom. The van der Waals surface area contributed by atoms with E-state index in [1.54, 1.807) is 30.5 Å². The van der Waals surface area contributed by atoms with Crippen molar-refractivity contribution >= 4 is 17.5 Å². The highest BCUT2D eigenvalue weighted by Crippen LogP contribution is 2.36. The molecule has 2 aromatic rings. The predicted molar refractivity (Wildman–Crippen MR) is 88.2 cm³/mol. The summed E-state index contributed by atoms with van der Waals surface area (Å²) in [6.45, 7) is 4.89. The van der Waals surface area contributed by atoms with E-state index in [1.165, 1.54) is 7.11 Å². The van der Waals surface area contributed by atoms with Gasteiger partial charge in [0, 0.05) is 5.56 Å². The van der Waals surface area contributed by atoms with Crippen molar-refractivity contribution < 1.29 is 18.7 Å². The van der Waals surface area contributed by atoms with E-state index in [-0.39, 0.29) is 5.91 Å². The maximum absolute atomic E-state index is 12.2. The summed E-state index contributed by atoms with van der Waals surface area (Å²) in [5, 5.41) is 3.10. The number of amides is 1. The van der Waals surface area contributed by atoms with Gasteiger partial charge in [0.1, 0.15) is 5.76 Å². The molecule has 1 N–H and O–H groups in total. The molecule has 0 fully saturated rings. The van der Waals surface area contributed by atoms with Crippen LogP contribution in [0.3, 0.4) is 0 Å². The lowest BCUT2D eigenvalue weighted by Gasteiger charge is -2.15. The molecule has 1 heterocycles. The third-order valence-electron chi connectivity index (χ3n) is 3.06. The number of hydrogen-bond donors (Lipinski definition) is 1. The van der Waals surface area contributed by atoms with Gasteiger partial charge in [0.2, 0.25) is 0 Å². The maximum atomic E-state index is 12.2. The molecule has 0 aliphatic carbocycles. The molecule has 23 heavy (non-hydrogen) atoms. The van der Waals surface area contributed by atoms with Gasteiger partial charge in [0.15, 0.2) is 11.5 Å². The van der Waals surface area contributed by atoms with Crippen LogP contribution >= 0.6 is 11.6 Å². The zero-order valence-corrected chi connectivity index (χ0v) is 14.1. The summed E-state index contributed by atoms with van der Waals surface area (Å²) in [5.74, 6) is 1.64. The van der Waals surface area contributed by atoms with Gasteiger partial charge in [-0.3, -0.25) is 4.79 Å². The van der Waals surface area contributed by atoms with Gasteiger partial charge in [-0.1, -0.05) is 25.4 Å².